The molecule has 0 bridgehead atoms. The Bertz CT molecular complexity index is 199. The molecule has 1 heterocycles. The van der Waals surface area contributed by atoms with Crippen LogP contribution in [0.5, 0.6) is 0 Å². The number of pyridine rings is 1. The Balaban J connectivity index is 0. The van der Waals surface area contributed by atoms with Crippen molar-refractivity contribution in [2.45, 2.75) is 27.7 Å². The molecular formula is C10H16N2. The van der Waals surface area contributed by atoms with Crippen molar-refractivity contribution >= 4 is 0 Å². The molecule has 0 unspecified atom stereocenters. The van der Waals surface area contributed by atoms with E-state index in [2.05, 4.69) is 4.98 Å². The largest absolute Gasteiger partial charge is 0.263 e. The highest BCUT2D eigenvalue weighted by atomic mass is 14.6. The summed E-state index contributed by atoms with van der Waals surface area (Å²) in [5.74, 6) is 0. The Hall–Kier alpha value is -1.36. The van der Waals surface area contributed by atoms with Gasteiger partial charge in [-0.1, -0.05) is 27.7 Å². The van der Waals surface area contributed by atoms with Crippen molar-refractivity contribution in [2.75, 3.05) is 0 Å². The number of rotatable bonds is 0. The van der Waals surface area contributed by atoms with E-state index in [0.29, 0.717) is 5.56 Å². The molecule has 2 nitrogen and oxygen atoms in total. The molecule has 0 aromatic carbocycles. The van der Waals surface area contributed by atoms with Gasteiger partial charge in [0.15, 0.2) is 0 Å². The lowest BCUT2D eigenvalue weighted by molar-refractivity contribution is 1.30. The van der Waals surface area contributed by atoms with Gasteiger partial charge >= 0.3 is 0 Å². The van der Waals surface area contributed by atoms with Gasteiger partial charge < -0.3 is 0 Å². The highest BCUT2D eigenvalue weighted by Crippen LogP contribution is 1.89. The summed E-state index contributed by atoms with van der Waals surface area (Å²) in [7, 11) is 0. The topological polar surface area (TPSA) is 36.7 Å². The summed E-state index contributed by atoms with van der Waals surface area (Å²) >= 11 is 0. The fourth-order valence-electron chi connectivity index (χ4n) is 0.429. The van der Waals surface area contributed by atoms with Gasteiger partial charge in [-0.25, -0.2) is 0 Å². The molecule has 0 saturated heterocycles. The molecule has 0 atom stereocenters. The van der Waals surface area contributed by atoms with Crippen molar-refractivity contribution < 1.29 is 0 Å². The van der Waals surface area contributed by atoms with Crippen LogP contribution in [0.15, 0.2) is 24.5 Å². The molecule has 0 N–H and O–H groups in total. The predicted octanol–water partition coefficient (Wildman–Crippen LogP) is 3.01. The fourth-order valence-corrected chi connectivity index (χ4v) is 0.429. The van der Waals surface area contributed by atoms with Gasteiger partial charge in [0.1, 0.15) is 6.07 Å². The predicted molar refractivity (Wildman–Crippen MR) is 51.6 cm³/mol. The molecule has 1 aromatic heterocycles. The third-order valence-electron chi connectivity index (χ3n) is 0.791. The molecule has 2 heteroatoms. The van der Waals surface area contributed by atoms with Crippen LogP contribution in [0.2, 0.25) is 0 Å². The average molecular weight is 164 g/mol. The summed E-state index contributed by atoms with van der Waals surface area (Å²) < 4.78 is 0. The lowest BCUT2D eigenvalue weighted by Gasteiger charge is -1.79. The third kappa shape index (κ3) is 6.76. The SMILES string of the molecule is CC.CC.N#Cc1cccnc1. The average Bonchev–Trinajstić information content (AvgIpc) is 2.25. The van der Waals surface area contributed by atoms with E-state index >= 15 is 0 Å². The van der Waals surface area contributed by atoms with Gasteiger partial charge in [-0.3, -0.25) is 4.98 Å². The van der Waals surface area contributed by atoms with Crippen molar-refractivity contribution in [3.05, 3.63) is 30.1 Å². The zero-order valence-electron chi connectivity index (χ0n) is 8.20. The van der Waals surface area contributed by atoms with E-state index in [1.165, 1.54) is 6.20 Å². The summed E-state index contributed by atoms with van der Waals surface area (Å²) in [4.78, 5) is 3.73. The van der Waals surface area contributed by atoms with Gasteiger partial charge in [-0.15, -0.1) is 0 Å². The normalized spacial score (nSPS) is 6.25. The van der Waals surface area contributed by atoms with Gasteiger partial charge in [0, 0.05) is 12.4 Å². The van der Waals surface area contributed by atoms with Crippen molar-refractivity contribution in [3.63, 3.8) is 0 Å². The van der Waals surface area contributed by atoms with Gasteiger partial charge in [0.25, 0.3) is 0 Å². The standard InChI is InChI=1S/C6H4N2.2C2H6/c7-4-6-2-1-3-8-5-6;2*1-2/h1-3,5H;2*1-2H3. The lowest BCUT2D eigenvalue weighted by atomic mass is 10.3. The summed E-state index contributed by atoms with van der Waals surface area (Å²) in [6.07, 6.45) is 3.17. The second-order valence-corrected chi connectivity index (χ2v) is 1.35. The Labute approximate surface area is 74.9 Å². The van der Waals surface area contributed by atoms with E-state index in [1.807, 2.05) is 33.8 Å². The molecule has 0 aliphatic heterocycles. The first-order valence-corrected chi connectivity index (χ1v) is 4.23. The molecule has 0 radical (unpaired) electrons. The van der Waals surface area contributed by atoms with Gasteiger partial charge in [0.05, 0.1) is 5.56 Å². The third-order valence-corrected chi connectivity index (χ3v) is 0.791. The highest BCUT2D eigenvalue weighted by molar-refractivity contribution is 5.23. The number of nitriles is 1. The van der Waals surface area contributed by atoms with E-state index in [9.17, 15) is 0 Å². The van der Waals surface area contributed by atoms with Crippen molar-refractivity contribution in [2.24, 2.45) is 0 Å². The van der Waals surface area contributed by atoms with Crippen LogP contribution in [0, 0.1) is 11.3 Å². The molecule has 1 rings (SSSR count). The number of hydrogen-bond acceptors (Lipinski definition) is 2. The van der Waals surface area contributed by atoms with Crippen LogP contribution in [0.1, 0.15) is 33.3 Å². The Kier molecular flexibility index (Phi) is 13.6. The summed E-state index contributed by atoms with van der Waals surface area (Å²) in [6, 6.07) is 5.41. The molecule has 0 saturated carbocycles. The lowest BCUT2D eigenvalue weighted by Crippen LogP contribution is -1.72. The molecular weight excluding hydrogens is 148 g/mol. The fraction of sp³-hybridized carbons (Fsp3) is 0.400. The van der Waals surface area contributed by atoms with Gasteiger partial charge in [0.2, 0.25) is 0 Å². The van der Waals surface area contributed by atoms with Gasteiger partial charge in [-0.05, 0) is 12.1 Å². The van der Waals surface area contributed by atoms with Crippen LogP contribution in [0.3, 0.4) is 0 Å². The van der Waals surface area contributed by atoms with Crippen LogP contribution < -0.4 is 0 Å². The quantitative estimate of drug-likeness (QED) is 0.591. The van der Waals surface area contributed by atoms with E-state index in [4.69, 9.17) is 5.26 Å². The van der Waals surface area contributed by atoms with Crippen molar-refractivity contribution in [1.29, 1.82) is 5.26 Å². The first-order valence-electron chi connectivity index (χ1n) is 4.23. The minimum absolute atomic E-state index is 0.604. The second kappa shape index (κ2) is 12.3. The highest BCUT2D eigenvalue weighted by Gasteiger charge is 1.80. The van der Waals surface area contributed by atoms with Gasteiger partial charge in [-0.2, -0.15) is 5.26 Å². The van der Waals surface area contributed by atoms with Crippen LogP contribution in [0.4, 0.5) is 0 Å². The monoisotopic (exact) mass is 164 g/mol. The molecule has 0 spiro atoms. The molecule has 12 heavy (non-hydrogen) atoms. The van der Waals surface area contributed by atoms with Crippen LogP contribution in [0.25, 0.3) is 0 Å². The number of nitrogens with zero attached hydrogens (tertiary/aromatic N) is 2. The zero-order chi connectivity index (χ0) is 9.82. The number of hydrogen-bond donors (Lipinski definition) is 0. The first-order chi connectivity index (χ1) is 5.93. The maximum absolute atomic E-state index is 8.25. The van der Waals surface area contributed by atoms with Crippen molar-refractivity contribution in [3.8, 4) is 6.07 Å². The molecule has 0 aliphatic carbocycles. The first kappa shape index (κ1) is 13.2. The Morgan fingerprint density at radius 2 is 1.83 bits per heavy atom. The Morgan fingerprint density at radius 1 is 1.25 bits per heavy atom. The maximum Gasteiger partial charge on any atom is 0.101 e. The van der Waals surface area contributed by atoms with Crippen molar-refractivity contribution in [1.82, 2.24) is 4.98 Å². The molecule has 1 aromatic rings. The van der Waals surface area contributed by atoms with Crippen LogP contribution in [-0.4, -0.2) is 4.98 Å². The van der Waals surface area contributed by atoms with E-state index in [-0.39, 0.29) is 0 Å². The van der Waals surface area contributed by atoms with E-state index < -0.39 is 0 Å². The van der Waals surface area contributed by atoms with E-state index in [0.717, 1.165) is 0 Å². The smallest absolute Gasteiger partial charge is 0.101 e. The number of aromatic nitrogens is 1. The Morgan fingerprint density at radius 3 is 2.08 bits per heavy atom. The second-order valence-electron chi connectivity index (χ2n) is 1.35. The molecule has 0 amide bonds. The van der Waals surface area contributed by atoms with Crippen LogP contribution >= 0.6 is 0 Å². The zero-order valence-corrected chi connectivity index (χ0v) is 8.20. The molecule has 66 valence electrons. The van der Waals surface area contributed by atoms with E-state index in [1.54, 1.807) is 18.3 Å². The minimum atomic E-state index is 0.604. The molecule has 0 aliphatic rings. The molecule has 0 fully saturated rings. The maximum atomic E-state index is 8.25. The summed E-state index contributed by atoms with van der Waals surface area (Å²) in [6.45, 7) is 8.00. The summed E-state index contributed by atoms with van der Waals surface area (Å²) in [5, 5.41) is 8.25. The minimum Gasteiger partial charge on any atom is -0.263 e. The summed E-state index contributed by atoms with van der Waals surface area (Å²) in [5.41, 5.74) is 0.604. The van der Waals surface area contributed by atoms with Crippen LogP contribution in [-0.2, 0) is 0 Å².